The molecule has 2 aliphatic carbocycles. The number of urea groups is 2. The molecule has 4 amide bonds. The summed E-state index contributed by atoms with van der Waals surface area (Å²) in [6.07, 6.45) is 0.687. The Morgan fingerprint density at radius 2 is 2.06 bits per heavy atom. The van der Waals surface area contributed by atoms with Crippen molar-refractivity contribution in [1.82, 2.24) is 25.9 Å². The number of halogens is 3. The predicted molar refractivity (Wildman–Crippen MR) is 118 cm³/mol. The molecule has 9 nitrogen and oxygen atoms in total. The first-order valence-electron chi connectivity index (χ1n) is 11.7. The molecule has 2 aliphatic heterocycles. The van der Waals surface area contributed by atoms with E-state index < -0.39 is 12.4 Å². The number of hydrogen-bond donors (Lipinski definition) is 3. The number of fused-ring (bicyclic) bond motifs is 1. The normalized spacial score (nSPS) is 27.3. The highest BCUT2D eigenvalue weighted by atomic mass is 19.4. The van der Waals surface area contributed by atoms with Crippen LogP contribution >= 0.6 is 0 Å². The van der Waals surface area contributed by atoms with Crippen LogP contribution in [0.3, 0.4) is 0 Å². The van der Waals surface area contributed by atoms with E-state index in [2.05, 4.69) is 20.9 Å². The van der Waals surface area contributed by atoms with Crippen molar-refractivity contribution in [1.29, 1.82) is 0 Å². The molecule has 1 saturated heterocycles. The molecule has 35 heavy (non-hydrogen) atoms. The lowest BCUT2D eigenvalue weighted by Crippen LogP contribution is -2.56. The molecule has 4 aliphatic rings. The van der Waals surface area contributed by atoms with Crippen LogP contribution in [-0.4, -0.2) is 66.5 Å². The van der Waals surface area contributed by atoms with Gasteiger partial charge in [0.05, 0.1) is 18.6 Å². The van der Waals surface area contributed by atoms with E-state index in [9.17, 15) is 22.8 Å². The van der Waals surface area contributed by atoms with Crippen molar-refractivity contribution >= 4 is 12.1 Å². The molecular formula is C23H28F3N5O4. The summed E-state index contributed by atoms with van der Waals surface area (Å²) in [6, 6.07) is 5.25. The van der Waals surface area contributed by atoms with Gasteiger partial charge >= 0.3 is 18.4 Å². The molecular weight excluding hydrogens is 467 g/mol. The van der Waals surface area contributed by atoms with Gasteiger partial charge in [-0.25, -0.2) is 9.59 Å². The summed E-state index contributed by atoms with van der Waals surface area (Å²) in [6.45, 7) is 0.645. The quantitative estimate of drug-likeness (QED) is 0.564. The highest BCUT2D eigenvalue weighted by Crippen LogP contribution is 2.45. The average Bonchev–Trinajstić information content (AvgIpc) is 3.74. The van der Waals surface area contributed by atoms with Gasteiger partial charge < -0.3 is 30.0 Å². The summed E-state index contributed by atoms with van der Waals surface area (Å²) in [7, 11) is 1.62. The van der Waals surface area contributed by atoms with Crippen LogP contribution in [0.4, 0.5) is 22.8 Å². The van der Waals surface area contributed by atoms with Gasteiger partial charge in [-0.15, -0.1) is 18.7 Å². The Morgan fingerprint density at radius 1 is 1.26 bits per heavy atom. The Kier molecular flexibility index (Phi) is 6.16. The van der Waals surface area contributed by atoms with Gasteiger partial charge in [-0.2, -0.15) is 0 Å². The first-order chi connectivity index (χ1) is 16.7. The topological polar surface area (TPSA) is 95.2 Å². The molecule has 3 N–H and O–H groups in total. The summed E-state index contributed by atoms with van der Waals surface area (Å²) in [5, 5.41) is 5.60. The first kappa shape index (κ1) is 23.6. The fourth-order valence-electron chi connectivity index (χ4n) is 5.03. The SMILES string of the molecule is CNC(=O)N1CC(N(C(=O)NCC2=CC(c3cccc(OC(F)(F)F)c3)NO2)C2CC2)CC2CC21. The lowest BCUT2D eigenvalue weighted by Gasteiger charge is -2.39. The van der Waals surface area contributed by atoms with Crippen molar-refractivity contribution < 1.29 is 32.3 Å². The van der Waals surface area contributed by atoms with Crippen molar-refractivity contribution in [3.63, 3.8) is 0 Å². The minimum Gasteiger partial charge on any atom is -0.411 e. The number of amides is 4. The summed E-state index contributed by atoms with van der Waals surface area (Å²) in [5.74, 6) is 0.574. The number of piperidine rings is 1. The van der Waals surface area contributed by atoms with Gasteiger partial charge in [0.2, 0.25) is 0 Å². The van der Waals surface area contributed by atoms with Gasteiger partial charge in [0.1, 0.15) is 11.5 Å². The highest BCUT2D eigenvalue weighted by Gasteiger charge is 2.52. The fraction of sp³-hybridized carbons (Fsp3) is 0.565. The number of alkyl halides is 3. The Bertz CT molecular complexity index is 1020. The number of likely N-dealkylation sites (tertiary alicyclic amines) is 1. The summed E-state index contributed by atoms with van der Waals surface area (Å²) < 4.78 is 41.5. The van der Waals surface area contributed by atoms with Gasteiger partial charge in [0, 0.05) is 25.7 Å². The van der Waals surface area contributed by atoms with Crippen LogP contribution in [0.2, 0.25) is 0 Å². The number of carbonyl (C=O) groups is 2. The zero-order chi connectivity index (χ0) is 24.7. The predicted octanol–water partition coefficient (Wildman–Crippen LogP) is 3.02. The van der Waals surface area contributed by atoms with Gasteiger partial charge in [-0.05, 0) is 55.4 Å². The smallest absolute Gasteiger partial charge is 0.411 e. The number of ether oxygens (including phenoxy) is 1. The number of carbonyl (C=O) groups excluding carboxylic acids is 2. The number of hydrogen-bond acceptors (Lipinski definition) is 5. The number of rotatable bonds is 6. The van der Waals surface area contributed by atoms with Crippen LogP contribution in [0.15, 0.2) is 36.1 Å². The molecule has 5 rings (SSSR count). The number of hydroxylamine groups is 1. The Balaban J connectivity index is 1.19. The monoisotopic (exact) mass is 495 g/mol. The van der Waals surface area contributed by atoms with E-state index in [1.807, 2.05) is 9.80 Å². The third-order valence-corrected chi connectivity index (χ3v) is 6.84. The van der Waals surface area contributed by atoms with E-state index in [0.29, 0.717) is 23.8 Å². The van der Waals surface area contributed by atoms with E-state index in [1.54, 1.807) is 19.2 Å². The van der Waals surface area contributed by atoms with Crippen LogP contribution in [0.25, 0.3) is 0 Å². The fourth-order valence-corrected chi connectivity index (χ4v) is 5.03. The van der Waals surface area contributed by atoms with Gasteiger partial charge in [-0.1, -0.05) is 12.1 Å². The standard InChI is InChI=1S/C23H28F3N5O4/c1-27-21(32)30-12-16(7-14-9-20(14)30)31(15-5-6-15)22(33)28-11-18-10-19(29-35-18)13-3-2-4-17(8-13)34-23(24,25)26/h2-4,8,10,14-16,19-20,29H,5-7,9,11-12H2,1H3,(H,27,32)(H,28,33). The Labute approximate surface area is 200 Å². The Morgan fingerprint density at radius 3 is 2.77 bits per heavy atom. The zero-order valence-electron chi connectivity index (χ0n) is 19.2. The van der Waals surface area contributed by atoms with Crippen LogP contribution in [0.5, 0.6) is 5.75 Å². The maximum atomic E-state index is 13.1. The molecule has 4 atom stereocenters. The molecule has 190 valence electrons. The zero-order valence-corrected chi connectivity index (χ0v) is 19.2. The van der Waals surface area contributed by atoms with Crippen LogP contribution in [-0.2, 0) is 4.84 Å². The van der Waals surface area contributed by atoms with Crippen molar-refractivity contribution in [3.05, 3.63) is 41.7 Å². The Hall–Kier alpha value is -3.15. The third-order valence-electron chi connectivity index (χ3n) is 6.84. The second-order valence-electron chi connectivity index (χ2n) is 9.41. The highest BCUT2D eigenvalue weighted by molar-refractivity contribution is 5.77. The van der Waals surface area contributed by atoms with Crippen molar-refractivity contribution in [2.75, 3.05) is 20.1 Å². The largest absolute Gasteiger partial charge is 0.573 e. The van der Waals surface area contributed by atoms with E-state index in [1.165, 1.54) is 18.2 Å². The molecule has 12 heteroatoms. The molecule has 2 heterocycles. The van der Waals surface area contributed by atoms with Gasteiger partial charge in [0.15, 0.2) is 0 Å². The van der Waals surface area contributed by atoms with Crippen molar-refractivity contribution in [2.45, 2.75) is 56.2 Å². The number of benzene rings is 1. The average molecular weight is 496 g/mol. The minimum absolute atomic E-state index is 0.0377. The van der Waals surface area contributed by atoms with E-state index in [4.69, 9.17) is 4.84 Å². The summed E-state index contributed by atoms with van der Waals surface area (Å²) >= 11 is 0. The molecule has 0 aromatic heterocycles. The van der Waals surface area contributed by atoms with E-state index in [0.717, 1.165) is 25.7 Å². The molecule has 0 spiro atoms. The van der Waals surface area contributed by atoms with E-state index >= 15 is 0 Å². The molecule has 1 aromatic carbocycles. The molecule has 0 bridgehead atoms. The minimum atomic E-state index is -4.77. The molecule has 3 fully saturated rings. The maximum Gasteiger partial charge on any atom is 0.573 e. The lowest BCUT2D eigenvalue weighted by atomic mass is 10.0. The molecule has 2 saturated carbocycles. The third kappa shape index (κ3) is 5.42. The summed E-state index contributed by atoms with van der Waals surface area (Å²) in [4.78, 5) is 34.6. The number of nitrogens with zero attached hydrogens (tertiary/aromatic N) is 2. The lowest BCUT2D eigenvalue weighted by molar-refractivity contribution is -0.274. The van der Waals surface area contributed by atoms with Gasteiger partial charge in [0.25, 0.3) is 0 Å². The van der Waals surface area contributed by atoms with E-state index in [-0.39, 0.29) is 42.5 Å². The molecule has 0 radical (unpaired) electrons. The second kappa shape index (κ2) is 9.14. The summed E-state index contributed by atoms with van der Waals surface area (Å²) in [5.41, 5.74) is 3.29. The number of nitrogens with one attached hydrogen (secondary N) is 3. The van der Waals surface area contributed by atoms with Gasteiger partial charge in [-0.3, -0.25) is 0 Å². The van der Waals surface area contributed by atoms with Crippen molar-refractivity contribution in [3.8, 4) is 5.75 Å². The first-order valence-corrected chi connectivity index (χ1v) is 11.7. The molecule has 4 unspecified atom stereocenters. The van der Waals surface area contributed by atoms with Crippen molar-refractivity contribution in [2.24, 2.45) is 5.92 Å². The van der Waals surface area contributed by atoms with Crippen LogP contribution < -0.4 is 20.9 Å². The second-order valence-corrected chi connectivity index (χ2v) is 9.41. The maximum absolute atomic E-state index is 13.1. The van der Waals surface area contributed by atoms with Crippen LogP contribution in [0, 0.1) is 5.92 Å². The molecule has 1 aromatic rings. The van der Waals surface area contributed by atoms with Crippen LogP contribution in [0.1, 0.15) is 37.3 Å².